The molecule has 24 heavy (non-hydrogen) atoms. The van der Waals surface area contributed by atoms with Crippen molar-refractivity contribution in [3.8, 4) is 0 Å². The predicted octanol–water partition coefficient (Wildman–Crippen LogP) is 3.95. The van der Waals surface area contributed by atoms with E-state index in [1.54, 1.807) is 0 Å². The summed E-state index contributed by atoms with van der Waals surface area (Å²) in [5.41, 5.74) is 3.18. The van der Waals surface area contributed by atoms with Crippen LogP contribution in [0.1, 0.15) is 46.8 Å². The summed E-state index contributed by atoms with van der Waals surface area (Å²) in [6.07, 6.45) is 3.80. The highest BCUT2D eigenvalue weighted by atomic mass is 16.1. The van der Waals surface area contributed by atoms with Crippen molar-refractivity contribution in [3.63, 3.8) is 0 Å². The quantitative estimate of drug-likeness (QED) is 0.904. The fraction of sp³-hybridized carbons (Fsp3) is 0.381. The lowest BCUT2D eigenvalue weighted by Gasteiger charge is -2.35. The zero-order valence-electron chi connectivity index (χ0n) is 14.4. The summed E-state index contributed by atoms with van der Waals surface area (Å²) in [6, 6.07) is 18.5. The number of carbonyl (C=O) groups is 1. The standard InChI is InChI=1S/C21H26N2O/c1-17-10-12-19(13-11-17)21(24)22-16-20(18-8-4-2-5-9-18)23-14-6-3-7-15-23/h2,4-5,8-13,20H,3,6-7,14-16H2,1H3,(H,22,24)/t20-/m1/s1. The maximum absolute atomic E-state index is 12.4. The molecule has 1 atom stereocenters. The first-order chi connectivity index (χ1) is 11.7. The minimum Gasteiger partial charge on any atom is -0.350 e. The molecular weight excluding hydrogens is 296 g/mol. The van der Waals surface area contributed by atoms with E-state index in [9.17, 15) is 4.79 Å². The number of hydrogen-bond acceptors (Lipinski definition) is 2. The van der Waals surface area contributed by atoms with Gasteiger partial charge in [-0.15, -0.1) is 0 Å². The van der Waals surface area contributed by atoms with Crippen LogP contribution in [-0.4, -0.2) is 30.4 Å². The van der Waals surface area contributed by atoms with Crippen molar-refractivity contribution in [2.75, 3.05) is 19.6 Å². The van der Waals surface area contributed by atoms with Crippen molar-refractivity contribution in [2.45, 2.75) is 32.2 Å². The van der Waals surface area contributed by atoms with Crippen LogP contribution in [0.3, 0.4) is 0 Å². The molecule has 1 N–H and O–H groups in total. The van der Waals surface area contributed by atoms with Gasteiger partial charge < -0.3 is 5.32 Å². The summed E-state index contributed by atoms with van der Waals surface area (Å²) >= 11 is 0. The van der Waals surface area contributed by atoms with Gasteiger partial charge in [0.25, 0.3) is 5.91 Å². The van der Waals surface area contributed by atoms with Gasteiger partial charge in [0, 0.05) is 12.1 Å². The van der Waals surface area contributed by atoms with Crippen LogP contribution in [0, 0.1) is 6.92 Å². The molecule has 1 amide bonds. The van der Waals surface area contributed by atoms with Gasteiger partial charge >= 0.3 is 0 Å². The highest BCUT2D eigenvalue weighted by Crippen LogP contribution is 2.24. The number of aryl methyl sites for hydroxylation is 1. The van der Waals surface area contributed by atoms with Crippen molar-refractivity contribution < 1.29 is 4.79 Å². The second kappa shape index (κ2) is 8.11. The second-order valence-corrected chi connectivity index (χ2v) is 6.60. The Morgan fingerprint density at radius 3 is 2.33 bits per heavy atom. The molecule has 2 aromatic carbocycles. The van der Waals surface area contributed by atoms with Gasteiger partial charge in [-0.2, -0.15) is 0 Å². The van der Waals surface area contributed by atoms with E-state index in [1.165, 1.54) is 30.4 Å². The summed E-state index contributed by atoms with van der Waals surface area (Å²) in [5.74, 6) is 0.00735. The lowest BCUT2D eigenvalue weighted by Crippen LogP contribution is -2.40. The molecule has 1 heterocycles. The van der Waals surface area contributed by atoms with Crippen LogP contribution in [0.2, 0.25) is 0 Å². The Balaban J connectivity index is 1.69. The molecule has 3 heteroatoms. The van der Waals surface area contributed by atoms with Crippen LogP contribution < -0.4 is 5.32 Å². The number of likely N-dealkylation sites (tertiary alicyclic amines) is 1. The molecule has 0 aliphatic carbocycles. The zero-order chi connectivity index (χ0) is 16.8. The monoisotopic (exact) mass is 322 g/mol. The molecule has 1 saturated heterocycles. The number of nitrogens with one attached hydrogen (secondary N) is 1. The number of rotatable bonds is 5. The summed E-state index contributed by atoms with van der Waals surface area (Å²) in [5, 5.41) is 3.13. The van der Waals surface area contributed by atoms with E-state index in [0.717, 1.165) is 18.7 Å². The first-order valence-electron chi connectivity index (χ1n) is 8.88. The Bertz CT molecular complexity index is 645. The van der Waals surface area contributed by atoms with E-state index in [2.05, 4.69) is 34.5 Å². The Labute approximate surface area is 144 Å². The van der Waals surface area contributed by atoms with Crippen molar-refractivity contribution in [1.29, 1.82) is 0 Å². The van der Waals surface area contributed by atoms with E-state index in [4.69, 9.17) is 0 Å². The summed E-state index contributed by atoms with van der Waals surface area (Å²) in [4.78, 5) is 15.0. The first kappa shape index (κ1) is 16.7. The molecule has 0 aromatic heterocycles. The predicted molar refractivity (Wildman–Crippen MR) is 98.1 cm³/mol. The molecule has 1 aliphatic rings. The first-order valence-corrected chi connectivity index (χ1v) is 8.88. The van der Waals surface area contributed by atoms with Crippen LogP contribution in [0.15, 0.2) is 54.6 Å². The van der Waals surface area contributed by atoms with Gasteiger partial charge in [0.15, 0.2) is 0 Å². The van der Waals surface area contributed by atoms with Crippen molar-refractivity contribution >= 4 is 5.91 Å². The Morgan fingerprint density at radius 2 is 1.67 bits per heavy atom. The van der Waals surface area contributed by atoms with E-state index in [1.807, 2.05) is 37.3 Å². The molecule has 1 aliphatic heterocycles. The Kier molecular flexibility index (Phi) is 5.65. The summed E-state index contributed by atoms with van der Waals surface area (Å²) < 4.78 is 0. The second-order valence-electron chi connectivity index (χ2n) is 6.60. The molecule has 126 valence electrons. The molecule has 0 saturated carbocycles. The van der Waals surface area contributed by atoms with Crippen LogP contribution >= 0.6 is 0 Å². The molecule has 0 bridgehead atoms. The third kappa shape index (κ3) is 4.24. The van der Waals surface area contributed by atoms with E-state index >= 15 is 0 Å². The lowest BCUT2D eigenvalue weighted by atomic mass is 10.0. The fourth-order valence-corrected chi connectivity index (χ4v) is 3.36. The van der Waals surface area contributed by atoms with Crippen molar-refractivity contribution in [2.24, 2.45) is 0 Å². The number of carbonyl (C=O) groups excluding carboxylic acids is 1. The maximum atomic E-state index is 12.4. The highest BCUT2D eigenvalue weighted by molar-refractivity contribution is 5.94. The normalized spacial score (nSPS) is 16.5. The van der Waals surface area contributed by atoms with Crippen LogP contribution in [-0.2, 0) is 0 Å². The van der Waals surface area contributed by atoms with Gasteiger partial charge in [0.2, 0.25) is 0 Å². The number of amides is 1. The fourth-order valence-electron chi connectivity index (χ4n) is 3.36. The number of hydrogen-bond donors (Lipinski definition) is 1. The van der Waals surface area contributed by atoms with Gasteiger partial charge in [-0.3, -0.25) is 9.69 Å². The Morgan fingerprint density at radius 1 is 1.00 bits per heavy atom. The van der Waals surface area contributed by atoms with E-state index in [0.29, 0.717) is 6.54 Å². The van der Waals surface area contributed by atoms with Crippen molar-refractivity contribution in [3.05, 3.63) is 71.3 Å². The van der Waals surface area contributed by atoms with Crippen LogP contribution in [0.5, 0.6) is 0 Å². The van der Waals surface area contributed by atoms with E-state index < -0.39 is 0 Å². The molecule has 0 unspecified atom stereocenters. The molecule has 1 fully saturated rings. The Hall–Kier alpha value is -2.13. The number of nitrogens with zero attached hydrogens (tertiary/aromatic N) is 1. The molecule has 3 nitrogen and oxygen atoms in total. The molecule has 3 rings (SSSR count). The minimum absolute atomic E-state index is 0.00735. The highest BCUT2D eigenvalue weighted by Gasteiger charge is 2.22. The third-order valence-corrected chi connectivity index (χ3v) is 4.79. The molecule has 0 radical (unpaired) electrons. The summed E-state index contributed by atoms with van der Waals surface area (Å²) in [6.45, 7) is 4.90. The molecule has 0 spiro atoms. The maximum Gasteiger partial charge on any atom is 0.251 e. The third-order valence-electron chi connectivity index (χ3n) is 4.79. The van der Waals surface area contributed by atoms with Gasteiger partial charge in [-0.05, 0) is 50.6 Å². The largest absolute Gasteiger partial charge is 0.350 e. The average Bonchev–Trinajstić information content (AvgIpc) is 2.64. The van der Waals surface area contributed by atoms with E-state index in [-0.39, 0.29) is 11.9 Å². The number of piperidine rings is 1. The molecular formula is C21H26N2O. The topological polar surface area (TPSA) is 32.3 Å². The van der Waals surface area contributed by atoms with Crippen LogP contribution in [0.4, 0.5) is 0 Å². The lowest BCUT2D eigenvalue weighted by molar-refractivity contribution is 0.0924. The van der Waals surface area contributed by atoms with Crippen LogP contribution in [0.25, 0.3) is 0 Å². The smallest absolute Gasteiger partial charge is 0.251 e. The number of benzene rings is 2. The minimum atomic E-state index is 0.00735. The van der Waals surface area contributed by atoms with Gasteiger partial charge in [-0.1, -0.05) is 54.4 Å². The zero-order valence-corrected chi connectivity index (χ0v) is 14.4. The van der Waals surface area contributed by atoms with Gasteiger partial charge in [-0.25, -0.2) is 0 Å². The van der Waals surface area contributed by atoms with Gasteiger partial charge in [0.1, 0.15) is 0 Å². The molecule has 2 aromatic rings. The SMILES string of the molecule is Cc1ccc(C(=O)NC[C@H](c2ccccc2)N2CCCCC2)cc1. The van der Waals surface area contributed by atoms with Gasteiger partial charge in [0.05, 0.1) is 6.04 Å². The summed E-state index contributed by atoms with van der Waals surface area (Å²) in [7, 11) is 0. The van der Waals surface area contributed by atoms with Crippen molar-refractivity contribution in [1.82, 2.24) is 10.2 Å². The average molecular weight is 322 g/mol.